The second-order valence-corrected chi connectivity index (χ2v) is 14.1. The number of para-hydroxylation sites is 3. The Balaban J connectivity index is 1.14. The van der Waals surface area contributed by atoms with Gasteiger partial charge < -0.3 is 14.2 Å². The summed E-state index contributed by atoms with van der Waals surface area (Å²) in [5.41, 5.74) is 10.5. The lowest BCUT2D eigenvalue weighted by Gasteiger charge is -2.26. The zero-order valence-corrected chi connectivity index (χ0v) is 29.0. The lowest BCUT2D eigenvalue weighted by atomic mass is 10.0. The van der Waals surface area contributed by atoms with Gasteiger partial charge in [-0.1, -0.05) is 115 Å². The lowest BCUT2D eigenvalue weighted by molar-refractivity contribution is 0.669. The number of rotatable bonds is 7. The van der Waals surface area contributed by atoms with E-state index in [0.29, 0.717) is 0 Å². The van der Waals surface area contributed by atoms with Crippen molar-refractivity contribution in [3.8, 4) is 11.1 Å². The Morgan fingerprint density at radius 2 is 0.904 bits per heavy atom. The Kier molecular flexibility index (Phi) is 7.33. The van der Waals surface area contributed by atoms with Gasteiger partial charge >= 0.3 is 0 Å². The van der Waals surface area contributed by atoms with Crippen LogP contribution in [-0.4, -0.2) is 0 Å². The van der Waals surface area contributed by atoms with E-state index in [4.69, 9.17) is 4.42 Å². The first-order chi connectivity index (χ1) is 25.8. The van der Waals surface area contributed by atoms with Crippen LogP contribution >= 0.6 is 11.3 Å². The molecule has 0 radical (unpaired) electrons. The standard InChI is InChI=1S/C48H32N2OS/c1-4-13-33(14-5-1)34-23-25-37(26-24-34)49(39-27-29-41-40-19-10-11-22-46(40)52-47(41)32-39)38-28-30-45-43(31-38)42-20-12-21-44(48(42)51-45)50(35-15-6-2-7-16-35)36-17-8-3-9-18-36/h1-32H. The molecule has 0 unspecified atom stereocenters. The van der Waals surface area contributed by atoms with Gasteiger partial charge in [0.25, 0.3) is 0 Å². The van der Waals surface area contributed by atoms with E-state index in [1.165, 1.54) is 31.3 Å². The number of benzene rings is 8. The summed E-state index contributed by atoms with van der Waals surface area (Å²) >= 11 is 1.84. The zero-order valence-electron chi connectivity index (χ0n) is 28.2. The minimum atomic E-state index is 0.853. The Hall–Kier alpha value is -6.62. The van der Waals surface area contributed by atoms with Crippen molar-refractivity contribution in [2.24, 2.45) is 0 Å². The van der Waals surface area contributed by atoms with Crippen LogP contribution in [0.25, 0.3) is 53.2 Å². The third-order valence-corrected chi connectivity index (χ3v) is 11.0. The summed E-state index contributed by atoms with van der Waals surface area (Å²) < 4.78 is 9.32. The first-order valence-corrected chi connectivity index (χ1v) is 18.3. The van der Waals surface area contributed by atoms with Crippen molar-refractivity contribution in [3.05, 3.63) is 194 Å². The molecule has 4 heteroatoms. The Labute approximate surface area is 305 Å². The van der Waals surface area contributed by atoms with E-state index in [2.05, 4.69) is 204 Å². The maximum absolute atomic E-state index is 6.75. The molecule has 2 aromatic heterocycles. The van der Waals surface area contributed by atoms with Crippen LogP contribution in [0.1, 0.15) is 0 Å². The predicted molar refractivity (Wildman–Crippen MR) is 221 cm³/mol. The van der Waals surface area contributed by atoms with Crippen molar-refractivity contribution in [1.82, 2.24) is 0 Å². The molecule has 0 aliphatic heterocycles. The predicted octanol–water partition coefficient (Wildman–Crippen LogP) is 14.6. The van der Waals surface area contributed by atoms with Gasteiger partial charge in [0.05, 0.1) is 5.69 Å². The van der Waals surface area contributed by atoms with E-state index < -0.39 is 0 Å². The summed E-state index contributed by atoms with van der Waals surface area (Å²) in [5.74, 6) is 0. The largest absolute Gasteiger partial charge is 0.454 e. The fourth-order valence-corrected chi connectivity index (χ4v) is 8.54. The average Bonchev–Trinajstić information content (AvgIpc) is 3.78. The molecule has 0 fully saturated rings. The topological polar surface area (TPSA) is 19.6 Å². The molecule has 10 rings (SSSR count). The quantitative estimate of drug-likeness (QED) is 0.167. The summed E-state index contributed by atoms with van der Waals surface area (Å²) in [6.07, 6.45) is 0. The van der Waals surface area contributed by atoms with E-state index in [9.17, 15) is 0 Å². The molecule has 246 valence electrons. The van der Waals surface area contributed by atoms with Gasteiger partial charge in [-0.3, -0.25) is 0 Å². The van der Waals surface area contributed by atoms with Gasteiger partial charge in [-0.15, -0.1) is 11.3 Å². The number of nitrogens with zero attached hydrogens (tertiary/aromatic N) is 2. The molecule has 0 aliphatic rings. The van der Waals surface area contributed by atoms with E-state index in [-0.39, 0.29) is 0 Å². The second kappa shape index (κ2) is 12.6. The molecule has 10 aromatic rings. The highest BCUT2D eigenvalue weighted by molar-refractivity contribution is 7.25. The van der Waals surface area contributed by atoms with Crippen LogP contribution in [0.5, 0.6) is 0 Å². The SMILES string of the molecule is c1ccc(-c2ccc(N(c3ccc4c(c3)sc3ccccc34)c3ccc4oc5c(N(c6ccccc6)c6ccccc6)cccc5c4c3)cc2)cc1. The molecule has 0 amide bonds. The molecule has 0 N–H and O–H groups in total. The van der Waals surface area contributed by atoms with Gasteiger partial charge in [-0.2, -0.15) is 0 Å². The van der Waals surface area contributed by atoms with Crippen molar-refractivity contribution in [3.63, 3.8) is 0 Å². The molecule has 8 aromatic carbocycles. The van der Waals surface area contributed by atoms with Crippen LogP contribution in [0.2, 0.25) is 0 Å². The number of fused-ring (bicyclic) bond motifs is 6. The number of hydrogen-bond donors (Lipinski definition) is 0. The number of thiophene rings is 1. The average molecular weight is 685 g/mol. The molecule has 0 saturated heterocycles. The molecule has 3 nitrogen and oxygen atoms in total. The highest BCUT2D eigenvalue weighted by Crippen LogP contribution is 2.45. The van der Waals surface area contributed by atoms with Crippen molar-refractivity contribution >= 4 is 87.6 Å². The Morgan fingerprint density at radius 1 is 0.346 bits per heavy atom. The summed E-state index contributed by atoms with van der Waals surface area (Å²) in [4.78, 5) is 4.63. The second-order valence-electron chi connectivity index (χ2n) is 13.0. The summed E-state index contributed by atoms with van der Waals surface area (Å²) in [5, 5.41) is 4.73. The maximum Gasteiger partial charge on any atom is 0.159 e. The summed E-state index contributed by atoms with van der Waals surface area (Å²) in [6.45, 7) is 0. The number of anilines is 6. The maximum atomic E-state index is 6.75. The Bertz CT molecular complexity index is 2800. The molecule has 0 aliphatic carbocycles. The minimum Gasteiger partial charge on any atom is -0.454 e. The third kappa shape index (κ3) is 5.20. The first kappa shape index (κ1) is 30.2. The van der Waals surface area contributed by atoms with E-state index >= 15 is 0 Å². The van der Waals surface area contributed by atoms with Crippen molar-refractivity contribution < 1.29 is 4.42 Å². The van der Waals surface area contributed by atoms with E-state index in [0.717, 1.165) is 56.1 Å². The van der Waals surface area contributed by atoms with Gasteiger partial charge in [0.1, 0.15) is 5.58 Å². The first-order valence-electron chi connectivity index (χ1n) is 17.5. The third-order valence-electron chi connectivity index (χ3n) is 9.84. The monoisotopic (exact) mass is 684 g/mol. The zero-order chi connectivity index (χ0) is 34.4. The molecular weight excluding hydrogens is 653 g/mol. The Morgan fingerprint density at radius 3 is 1.65 bits per heavy atom. The summed E-state index contributed by atoms with van der Waals surface area (Å²) in [7, 11) is 0. The van der Waals surface area contributed by atoms with Crippen LogP contribution < -0.4 is 9.80 Å². The fourth-order valence-electron chi connectivity index (χ4n) is 7.40. The number of hydrogen-bond acceptors (Lipinski definition) is 4. The fraction of sp³-hybridized carbons (Fsp3) is 0. The molecule has 0 bridgehead atoms. The molecule has 52 heavy (non-hydrogen) atoms. The van der Waals surface area contributed by atoms with E-state index in [1.54, 1.807) is 0 Å². The van der Waals surface area contributed by atoms with Gasteiger partial charge in [0, 0.05) is 59.4 Å². The van der Waals surface area contributed by atoms with Crippen LogP contribution in [-0.2, 0) is 0 Å². The van der Waals surface area contributed by atoms with Crippen molar-refractivity contribution in [2.75, 3.05) is 9.80 Å². The van der Waals surface area contributed by atoms with Crippen LogP contribution in [0, 0.1) is 0 Å². The smallest absolute Gasteiger partial charge is 0.159 e. The van der Waals surface area contributed by atoms with Gasteiger partial charge in [0.15, 0.2) is 5.58 Å². The molecule has 0 spiro atoms. The van der Waals surface area contributed by atoms with Gasteiger partial charge in [-0.05, 0) is 90.0 Å². The van der Waals surface area contributed by atoms with Crippen molar-refractivity contribution in [1.29, 1.82) is 0 Å². The van der Waals surface area contributed by atoms with Crippen LogP contribution in [0.3, 0.4) is 0 Å². The van der Waals surface area contributed by atoms with E-state index in [1.807, 2.05) is 11.3 Å². The molecule has 2 heterocycles. The highest BCUT2D eigenvalue weighted by Gasteiger charge is 2.21. The van der Waals surface area contributed by atoms with Gasteiger partial charge in [0.2, 0.25) is 0 Å². The lowest BCUT2D eigenvalue weighted by Crippen LogP contribution is -2.10. The molecule has 0 atom stereocenters. The minimum absolute atomic E-state index is 0.853. The van der Waals surface area contributed by atoms with Crippen LogP contribution in [0.4, 0.5) is 34.1 Å². The molecular formula is C48H32N2OS. The molecule has 0 saturated carbocycles. The normalized spacial score (nSPS) is 11.5. The highest BCUT2D eigenvalue weighted by atomic mass is 32.1. The van der Waals surface area contributed by atoms with Crippen molar-refractivity contribution in [2.45, 2.75) is 0 Å². The van der Waals surface area contributed by atoms with Gasteiger partial charge in [-0.25, -0.2) is 0 Å². The van der Waals surface area contributed by atoms with Crippen LogP contribution in [0.15, 0.2) is 199 Å². The summed E-state index contributed by atoms with van der Waals surface area (Å²) in [6, 6.07) is 69.0. The number of furan rings is 1.